The third-order valence-electron chi connectivity index (χ3n) is 9.25. The first-order valence-electron chi connectivity index (χ1n) is 17.2. The maximum Gasteiger partial charge on any atom is 0.00150 e. The minimum absolute atomic E-state index is 0.378. The highest BCUT2D eigenvalue weighted by Crippen LogP contribution is 2.39. The van der Waals surface area contributed by atoms with Gasteiger partial charge in [-0.15, -0.1) is 0 Å². The molecule has 0 saturated carbocycles. The van der Waals surface area contributed by atoms with Crippen molar-refractivity contribution in [1.82, 2.24) is 0 Å². The summed E-state index contributed by atoms with van der Waals surface area (Å²) in [5, 5.41) is 0. The molecule has 240 valence electrons. The van der Waals surface area contributed by atoms with E-state index in [0.717, 1.165) is 23.1 Å². The molecule has 1 atom stereocenters. The Morgan fingerprint density at radius 1 is 0.653 bits per heavy atom. The Morgan fingerprint density at radius 2 is 1.33 bits per heavy atom. The van der Waals surface area contributed by atoms with Crippen LogP contribution in [0.3, 0.4) is 0 Å². The molecule has 0 heterocycles. The van der Waals surface area contributed by atoms with Crippen LogP contribution >= 0.6 is 0 Å². The minimum Gasteiger partial charge on any atom is -0.0911 e. The Hall–Kier alpha value is -5.72. The van der Waals surface area contributed by atoms with Gasteiger partial charge < -0.3 is 0 Å². The van der Waals surface area contributed by atoms with Crippen LogP contribution in [-0.2, 0) is 0 Å². The van der Waals surface area contributed by atoms with Gasteiger partial charge in [0.1, 0.15) is 0 Å². The highest BCUT2D eigenvalue weighted by Gasteiger charge is 2.15. The number of benzene rings is 5. The number of hydrogen-bond donors (Lipinski definition) is 0. The Kier molecular flexibility index (Phi) is 10.8. The minimum atomic E-state index is 0.378. The van der Waals surface area contributed by atoms with E-state index in [2.05, 4.69) is 209 Å². The summed E-state index contributed by atoms with van der Waals surface area (Å²) in [6.45, 7) is 11.0. The van der Waals surface area contributed by atoms with Crippen LogP contribution in [0.2, 0.25) is 0 Å². The molecule has 0 amide bonds. The van der Waals surface area contributed by atoms with E-state index in [4.69, 9.17) is 0 Å². The molecule has 5 aromatic rings. The van der Waals surface area contributed by atoms with Crippen molar-refractivity contribution >= 4 is 22.8 Å². The van der Waals surface area contributed by atoms with E-state index in [0.29, 0.717) is 5.92 Å². The standard InChI is InChI=1S/C49H44/c1-5-18-44(35-43-24-13-12-19-36(43)2)41-29-31-42(32-30-41)46-25-14-16-27-48(46)49-28-17-15-26-47(49)45(33-37(3)39-20-8-6-9-21-39)34-38(4)40-22-10-7-11-23-40/h5-22,24-35,40H,3,23H2,1-2,4H3/b18-5-,38-34+,44-35-,45-33+. The fourth-order valence-corrected chi connectivity index (χ4v) is 6.50. The zero-order valence-electron chi connectivity index (χ0n) is 28.8. The molecule has 1 aliphatic rings. The van der Waals surface area contributed by atoms with Gasteiger partial charge in [0.25, 0.3) is 0 Å². The van der Waals surface area contributed by atoms with Gasteiger partial charge >= 0.3 is 0 Å². The van der Waals surface area contributed by atoms with Gasteiger partial charge in [-0.1, -0.05) is 182 Å². The number of rotatable bonds is 10. The molecule has 0 bridgehead atoms. The van der Waals surface area contributed by atoms with Crippen molar-refractivity contribution in [3.63, 3.8) is 0 Å². The van der Waals surface area contributed by atoms with E-state index in [9.17, 15) is 0 Å². The molecular weight excluding hydrogens is 589 g/mol. The van der Waals surface area contributed by atoms with Gasteiger partial charge in [0.15, 0.2) is 0 Å². The zero-order chi connectivity index (χ0) is 34.0. The molecule has 1 aliphatic carbocycles. The van der Waals surface area contributed by atoms with Gasteiger partial charge in [-0.05, 0) is 106 Å². The molecule has 0 nitrogen and oxygen atoms in total. The van der Waals surface area contributed by atoms with Crippen LogP contribution in [0.15, 0.2) is 188 Å². The Morgan fingerprint density at radius 3 is 2.04 bits per heavy atom. The molecule has 0 N–H and O–H groups in total. The van der Waals surface area contributed by atoms with Crippen LogP contribution in [-0.4, -0.2) is 0 Å². The van der Waals surface area contributed by atoms with Crippen LogP contribution in [0.5, 0.6) is 0 Å². The van der Waals surface area contributed by atoms with Gasteiger partial charge in [0, 0.05) is 5.92 Å². The first-order chi connectivity index (χ1) is 24.0. The quantitative estimate of drug-likeness (QED) is 0.106. The third-order valence-corrected chi connectivity index (χ3v) is 9.25. The highest BCUT2D eigenvalue weighted by molar-refractivity contribution is 5.96. The van der Waals surface area contributed by atoms with Crippen molar-refractivity contribution in [1.29, 1.82) is 0 Å². The van der Waals surface area contributed by atoms with Gasteiger partial charge in [0.05, 0.1) is 0 Å². The SMILES string of the molecule is C=C(/C=C(\C=C(/C)C1C=CC=CC1)c1ccccc1-c1ccccc1-c1ccc(C(/C=C\C)=C\c2ccccc2C)cc1)c1ccccc1. The number of aryl methyl sites for hydroxylation is 1. The smallest absolute Gasteiger partial charge is 0.00150 e. The van der Waals surface area contributed by atoms with E-state index in [-0.39, 0.29) is 0 Å². The normalized spacial score (nSPS) is 15.2. The van der Waals surface area contributed by atoms with E-state index in [1.165, 1.54) is 55.7 Å². The molecular formula is C49H44. The Balaban J connectivity index is 1.42. The van der Waals surface area contributed by atoms with Gasteiger partial charge in [-0.2, -0.15) is 0 Å². The summed E-state index contributed by atoms with van der Waals surface area (Å²) < 4.78 is 0. The lowest BCUT2D eigenvalue weighted by molar-refractivity contribution is 0.767. The van der Waals surface area contributed by atoms with Crippen LogP contribution in [0, 0.1) is 12.8 Å². The highest BCUT2D eigenvalue weighted by atomic mass is 14.2. The molecule has 0 aliphatic heterocycles. The predicted octanol–water partition coefficient (Wildman–Crippen LogP) is 13.6. The Bertz CT molecular complexity index is 2110. The van der Waals surface area contributed by atoms with Crippen LogP contribution < -0.4 is 0 Å². The summed E-state index contributed by atoms with van der Waals surface area (Å²) in [5.41, 5.74) is 15.5. The van der Waals surface area contributed by atoms with Crippen molar-refractivity contribution in [3.8, 4) is 22.3 Å². The van der Waals surface area contributed by atoms with Crippen molar-refractivity contribution in [2.75, 3.05) is 0 Å². The second-order valence-electron chi connectivity index (χ2n) is 12.7. The van der Waals surface area contributed by atoms with Crippen molar-refractivity contribution in [3.05, 3.63) is 216 Å². The number of allylic oxidation sites excluding steroid dienone is 12. The summed E-state index contributed by atoms with van der Waals surface area (Å²) in [4.78, 5) is 0. The van der Waals surface area contributed by atoms with Gasteiger partial charge in [0.2, 0.25) is 0 Å². The van der Waals surface area contributed by atoms with E-state index < -0.39 is 0 Å². The molecule has 0 radical (unpaired) electrons. The second-order valence-corrected chi connectivity index (χ2v) is 12.7. The molecule has 49 heavy (non-hydrogen) atoms. The molecule has 6 rings (SSSR count). The predicted molar refractivity (Wildman–Crippen MR) is 215 cm³/mol. The molecule has 0 aromatic heterocycles. The van der Waals surface area contributed by atoms with Gasteiger partial charge in [-0.3, -0.25) is 0 Å². The topological polar surface area (TPSA) is 0 Å². The Labute approximate surface area is 293 Å². The third kappa shape index (κ3) is 8.06. The lowest BCUT2D eigenvalue weighted by atomic mass is 9.86. The lowest BCUT2D eigenvalue weighted by Crippen LogP contribution is -2.00. The summed E-state index contributed by atoms with van der Waals surface area (Å²) in [7, 11) is 0. The molecule has 0 spiro atoms. The van der Waals surface area contributed by atoms with Gasteiger partial charge in [-0.25, -0.2) is 0 Å². The fourth-order valence-electron chi connectivity index (χ4n) is 6.50. The maximum atomic E-state index is 4.50. The average Bonchev–Trinajstić information content (AvgIpc) is 3.16. The maximum absolute atomic E-state index is 4.50. The summed E-state index contributed by atoms with van der Waals surface area (Å²) in [5.74, 6) is 0.378. The van der Waals surface area contributed by atoms with Crippen LogP contribution in [0.4, 0.5) is 0 Å². The molecule has 0 heteroatoms. The average molecular weight is 633 g/mol. The second kappa shape index (κ2) is 15.9. The van der Waals surface area contributed by atoms with Crippen LogP contribution in [0.1, 0.15) is 48.1 Å². The fraction of sp³-hybridized carbons (Fsp3) is 0.102. The largest absolute Gasteiger partial charge is 0.0911 e. The van der Waals surface area contributed by atoms with Crippen molar-refractivity contribution < 1.29 is 0 Å². The van der Waals surface area contributed by atoms with Crippen molar-refractivity contribution in [2.45, 2.75) is 27.2 Å². The zero-order valence-corrected chi connectivity index (χ0v) is 28.8. The van der Waals surface area contributed by atoms with Crippen molar-refractivity contribution in [2.24, 2.45) is 5.92 Å². The molecule has 0 saturated heterocycles. The van der Waals surface area contributed by atoms with E-state index in [1.807, 2.05) is 0 Å². The molecule has 5 aromatic carbocycles. The molecule has 0 fully saturated rings. The van der Waals surface area contributed by atoms with E-state index in [1.54, 1.807) is 0 Å². The van der Waals surface area contributed by atoms with Crippen LogP contribution in [0.25, 0.3) is 45.0 Å². The van der Waals surface area contributed by atoms with E-state index >= 15 is 0 Å². The monoisotopic (exact) mass is 632 g/mol. The molecule has 1 unspecified atom stereocenters. The first-order valence-corrected chi connectivity index (χ1v) is 17.2. The lowest BCUT2D eigenvalue weighted by Gasteiger charge is -2.18. The summed E-state index contributed by atoms with van der Waals surface area (Å²) >= 11 is 0. The number of hydrogen-bond acceptors (Lipinski definition) is 0. The first kappa shape index (κ1) is 33.2. The summed E-state index contributed by atoms with van der Waals surface area (Å²) in [6.07, 6.45) is 21.1. The summed E-state index contributed by atoms with van der Waals surface area (Å²) in [6, 6.07) is 45.6.